The van der Waals surface area contributed by atoms with E-state index in [2.05, 4.69) is 17.1 Å². The van der Waals surface area contributed by atoms with Gasteiger partial charge in [-0.15, -0.1) is 0 Å². The molecule has 2 amide bonds. The second-order valence-electron chi connectivity index (χ2n) is 7.63. The van der Waals surface area contributed by atoms with E-state index >= 15 is 0 Å². The van der Waals surface area contributed by atoms with Crippen LogP contribution in [0.5, 0.6) is 5.75 Å². The van der Waals surface area contributed by atoms with Crippen LogP contribution in [0.15, 0.2) is 54.6 Å². The van der Waals surface area contributed by atoms with Crippen molar-refractivity contribution in [3.8, 4) is 5.75 Å². The smallest absolute Gasteiger partial charge is 0.258 e. The Kier molecular flexibility index (Phi) is 7.33. The van der Waals surface area contributed by atoms with Gasteiger partial charge in [-0.2, -0.15) is 0 Å². The summed E-state index contributed by atoms with van der Waals surface area (Å²) in [5, 5.41) is 3.05. The number of anilines is 1. The zero-order valence-electron chi connectivity index (χ0n) is 18.0. The SMILES string of the molecule is CCOc1ccccc1C(=O)N1CCCC1C(=O)NCC(C)N(C)c1ccccc1. The number of likely N-dealkylation sites (tertiary alicyclic amines) is 1. The monoisotopic (exact) mass is 409 g/mol. The largest absolute Gasteiger partial charge is 0.493 e. The van der Waals surface area contributed by atoms with Crippen molar-refractivity contribution in [3.05, 3.63) is 60.2 Å². The summed E-state index contributed by atoms with van der Waals surface area (Å²) in [6.07, 6.45) is 1.50. The number of rotatable bonds is 8. The zero-order valence-corrected chi connectivity index (χ0v) is 18.0. The van der Waals surface area contributed by atoms with E-state index in [1.807, 2.05) is 56.4 Å². The molecular weight excluding hydrogens is 378 g/mol. The Morgan fingerprint density at radius 1 is 1.17 bits per heavy atom. The molecule has 2 unspecified atom stereocenters. The van der Waals surface area contributed by atoms with Crippen molar-refractivity contribution in [2.75, 3.05) is 31.6 Å². The van der Waals surface area contributed by atoms with Crippen molar-refractivity contribution in [2.24, 2.45) is 0 Å². The van der Waals surface area contributed by atoms with Gasteiger partial charge in [-0.05, 0) is 51.0 Å². The predicted octanol–water partition coefficient (Wildman–Crippen LogP) is 3.33. The number of para-hydroxylation sites is 2. The third kappa shape index (κ3) is 4.93. The lowest BCUT2D eigenvalue weighted by Gasteiger charge is -2.29. The number of hydrogen-bond acceptors (Lipinski definition) is 4. The second-order valence-corrected chi connectivity index (χ2v) is 7.63. The van der Waals surface area contributed by atoms with Crippen LogP contribution in [0.25, 0.3) is 0 Å². The van der Waals surface area contributed by atoms with E-state index in [1.165, 1.54) is 0 Å². The lowest BCUT2D eigenvalue weighted by atomic mass is 10.1. The Morgan fingerprint density at radius 2 is 1.87 bits per heavy atom. The van der Waals surface area contributed by atoms with Crippen LogP contribution in [0, 0.1) is 0 Å². The molecule has 1 N–H and O–H groups in total. The molecule has 0 saturated carbocycles. The van der Waals surface area contributed by atoms with Gasteiger partial charge in [0.05, 0.1) is 12.2 Å². The fraction of sp³-hybridized carbons (Fsp3) is 0.417. The van der Waals surface area contributed by atoms with Crippen LogP contribution in [-0.2, 0) is 4.79 Å². The maximum absolute atomic E-state index is 13.1. The van der Waals surface area contributed by atoms with Crippen LogP contribution in [0.4, 0.5) is 5.69 Å². The van der Waals surface area contributed by atoms with Gasteiger partial charge >= 0.3 is 0 Å². The Labute approximate surface area is 178 Å². The number of amides is 2. The topological polar surface area (TPSA) is 61.9 Å². The van der Waals surface area contributed by atoms with Crippen molar-refractivity contribution in [1.82, 2.24) is 10.2 Å². The number of carbonyl (C=O) groups excluding carboxylic acids is 2. The van der Waals surface area contributed by atoms with E-state index in [-0.39, 0.29) is 17.9 Å². The number of nitrogens with zero attached hydrogens (tertiary/aromatic N) is 2. The van der Waals surface area contributed by atoms with E-state index in [1.54, 1.807) is 17.0 Å². The van der Waals surface area contributed by atoms with Gasteiger partial charge in [0.1, 0.15) is 11.8 Å². The first-order valence-electron chi connectivity index (χ1n) is 10.6. The molecule has 0 aliphatic carbocycles. The molecule has 6 nitrogen and oxygen atoms in total. The van der Waals surface area contributed by atoms with Gasteiger partial charge in [-0.1, -0.05) is 30.3 Å². The van der Waals surface area contributed by atoms with Crippen molar-refractivity contribution < 1.29 is 14.3 Å². The first-order valence-corrected chi connectivity index (χ1v) is 10.6. The van der Waals surface area contributed by atoms with E-state index in [4.69, 9.17) is 4.74 Å². The number of carbonyl (C=O) groups is 2. The van der Waals surface area contributed by atoms with Crippen molar-refractivity contribution >= 4 is 17.5 Å². The molecule has 2 aromatic rings. The van der Waals surface area contributed by atoms with Gasteiger partial charge < -0.3 is 19.9 Å². The first-order chi connectivity index (χ1) is 14.5. The molecule has 0 spiro atoms. The number of nitrogens with one attached hydrogen (secondary N) is 1. The summed E-state index contributed by atoms with van der Waals surface area (Å²) in [6, 6.07) is 17.0. The Balaban J connectivity index is 1.62. The maximum atomic E-state index is 13.1. The van der Waals surface area contributed by atoms with Crippen LogP contribution >= 0.6 is 0 Å². The molecule has 3 rings (SSSR count). The van der Waals surface area contributed by atoms with Gasteiger partial charge in [0.15, 0.2) is 0 Å². The summed E-state index contributed by atoms with van der Waals surface area (Å²) < 4.78 is 5.61. The molecule has 2 aromatic carbocycles. The number of hydrogen-bond donors (Lipinski definition) is 1. The molecule has 0 radical (unpaired) electrons. The van der Waals surface area contributed by atoms with Crippen molar-refractivity contribution in [2.45, 2.75) is 38.8 Å². The molecule has 1 aliphatic heterocycles. The van der Waals surface area contributed by atoms with Crippen LogP contribution in [-0.4, -0.2) is 55.5 Å². The molecule has 30 heavy (non-hydrogen) atoms. The van der Waals surface area contributed by atoms with Crippen LogP contribution in [0.3, 0.4) is 0 Å². The van der Waals surface area contributed by atoms with E-state index in [0.717, 1.165) is 12.1 Å². The summed E-state index contributed by atoms with van der Waals surface area (Å²) in [4.78, 5) is 29.9. The standard InChI is InChI=1S/C24H31N3O3/c1-4-30-22-15-9-8-13-20(22)24(29)27-16-10-14-21(27)23(28)25-17-18(2)26(3)19-11-6-5-7-12-19/h5-9,11-13,15,18,21H,4,10,14,16-17H2,1-3H3,(H,25,28). The highest BCUT2D eigenvalue weighted by Crippen LogP contribution is 2.25. The minimum atomic E-state index is -0.443. The Morgan fingerprint density at radius 3 is 2.60 bits per heavy atom. The molecule has 1 heterocycles. The maximum Gasteiger partial charge on any atom is 0.258 e. The summed E-state index contributed by atoms with van der Waals surface area (Å²) in [7, 11) is 2.02. The predicted molar refractivity (Wildman–Crippen MR) is 119 cm³/mol. The molecule has 2 atom stereocenters. The molecule has 0 aromatic heterocycles. The van der Waals surface area contributed by atoms with Gasteiger partial charge in [0, 0.05) is 31.9 Å². The van der Waals surface area contributed by atoms with E-state index in [0.29, 0.717) is 37.4 Å². The van der Waals surface area contributed by atoms with E-state index in [9.17, 15) is 9.59 Å². The summed E-state index contributed by atoms with van der Waals surface area (Å²) in [6.45, 7) is 5.54. The molecule has 1 saturated heterocycles. The molecule has 0 bridgehead atoms. The van der Waals surface area contributed by atoms with Gasteiger partial charge in [0.2, 0.25) is 5.91 Å². The minimum Gasteiger partial charge on any atom is -0.493 e. The zero-order chi connectivity index (χ0) is 21.5. The first kappa shape index (κ1) is 21.7. The second kappa shape index (κ2) is 10.1. The minimum absolute atomic E-state index is 0.0944. The third-order valence-electron chi connectivity index (χ3n) is 5.63. The molecule has 1 fully saturated rings. The Bertz CT molecular complexity index is 856. The van der Waals surface area contributed by atoms with Crippen LogP contribution < -0.4 is 15.0 Å². The van der Waals surface area contributed by atoms with Gasteiger partial charge in [0.25, 0.3) is 5.91 Å². The summed E-state index contributed by atoms with van der Waals surface area (Å²) in [5.74, 6) is 0.323. The highest BCUT2D eigenvalue weighted by Gasteiger charge is 2.35. The quantitative estimate of drug-likeness (QED) is 0.727. The Hall–Kier alpha value is -3.02. The van der Waals surface area contributed by atoms with Crippen molar-refractivity contribution in [3.63, 3.8) is 0 Å². The highest BCUT2D eigenvalue weighted by atomic mass is 16.5. The fourth-order valence-corrected chi connectivity index (χ4v) is 3.78. The molecule has 6 heteroatoms. The van der Waals surface area contributed by atoms with Gasteiger partial charge in [-0.3, -0.25) is 9.59 Å². The van der Waals surface area contributed by atoms with Gasteiger partial charge in [-0.25, -0.2) is 0 Å². The summed E-state index contributed by atoms with van der Waals surface area (Å²) in [5.41, 5.74) is 1.61. The van der Waals surface area contributed by atoms with Crippen LogP contribution in [0.1, 0.15) is 37.0 Å². The average molecular weight is 410 g/mol. The summed E-state index contributed by atoms with van der Waals surface area (Å²) >= 11 is 0. The number of likely N-dealkylation sites (N-methyl/N-ethyl adjacent to an activating group) is 1. The molecule has 1 aliphatic rings. The molecule has 160 valence electrons. The lowest BCUT2D eigenvalue weighted by molar-refractivity contribution is -0.124. The average Bonchev–Trinajstić information content (AvgIpc) is 3.27. The lowest BCUT2D eigenvalue weighted by Crippen LogP contribution is -2.49. The van der Waals surface area contributed by atoms with Crippen molar-refractivity contribution in [1.29, 1.82) is 0 Å². The van der Waals surface area contributed by atoms with E-state index < -0.39 is 6.04 Å². The normalized spacial score (nSPS) is 16.8. The van der Waals surface area contributed by atoms with Crippen LogP contribution in [0.2, 0.25) is 0 Å². The highest BCUT2D eigenvalue weighted by molar-refractivity contribution is 6.00. The fourth-order valence-electron chi connectivity index (χ4n) is 3.78. The molecular formula is C24H31N3O3. The number of ether oxygens (including phenoxy) is 1. The third-order valence-corrected chi connectivity index (χ3v) is 5.63. The number of benzene rings is 2.